The van der Waals surface area contributed by atoms with Gasteiger partial charge in [0.15, 0.2) is 5.76 Å². The zero-order valence-corrected chi connectivity index (χ0v) is 15.2. The van der Waals surface area contributed by atoms with Gasteiger partial charge in [0.25, 0.3) is 6.01 Å². The van der Waals surface area contributed by atoms with Crippen LogP contribution in [0.15, 0.2) is 53.3 Å². The molecule has 0 saturated heterocycles. The van der Waals surface area contributed by atoms with Gasteiger partial charge in [0.1, 0.15) is 5.75 Å². The van der Waals surface area contributed by atoms with Gasteiger partial charge in [-0.05, 0) is 23.8 Å². The van der Waals surface area contributed by atoms with Gasteiger partial charge in [0.05, 0.1) is 19.9 Å². The van der Waals surface area contributed by atoms with E-state index in [1.54, 1.807) is 37.6 Å². The average molecular weight is 367 g/mol. The molecule has 3 aromatic rings. The van der Waals surface area contributed by atoms with Gasteiger partial charge in [-0.25, -0.2) is 4.98 Å². The number of pyridine rings is 1. The number of carbonyl (C=O) groups is 1. The summed E-state index contributed by atoms with van der Waals surface area (Å²) in [7, 11) is 3.31. The Labute approximate surface area is 157 Å². The van der Waals surface area contributed by atoms with Crippen molar-refractivity contribution in [2.24, 2.45) is 5.73 Å². The number of aromatic nitrogens is 2. The number of hydrogen-bond acceptors (Lipinski definition) is 7. The highest BCUT2D eigenvalue weighted by molar-refractivity contribution is 5.78. The lowest BCUT2D eigenvalue weighted by Crippen LogP contribution is -2.32. The van der Waals surface area contributed by atoms with Crippen molar-refractivity contribution in [2.45, 2.75) is 6.54 Å². The standard InChI is InChI=1S/C19H21N5O3/c1-24(18(25)9-20)12-13-6-7-21-10-16(13)17-11-22-19(27-17)23-14-4-3-5-15(8-14)26-2/h3-8,10-11H,9,12,20H2,1-2H3,(H,22,23). The van der Waals surface area contributed by atoms with Crippen LogP contribution in [0.2, 0.25) is 0 Å². The number of nitrogens with one attached hydrogen (secondary N) is 1. The van der Waals surface area contributed by atoms with Crippen LogP contribution in [0.1, 0.15) is 5.56 Å². The second-order valence-electron chi connectivity index (χ2n) is 5.87. The zero-order valence-electron chi connectivity index (χ0n) is 15.2. The average Bonchev–Trinajstić information content (AvgIpc) is 3.16. The Morgan fingerprint density at radius 1 is 1.33 bits per heavy atom. The molecule has 1 aromatic carbocycles. The van der Waals surface area contributed by atoms with Gasteiger partial charge in [0, 0.05) is 43.3 Å². The first-order chi connectivity index (χ1) is 13.1. The maximum absolute atomic E-state index is 11.8. The van der Waals surface area contributed by atoms with Crippen LogP contribution in [0.5, 0.6) is 5.75 Å². The van der Waals surface area contributed by atoms with Crippen LogP contribution in [-0.4, -0.2) is 41.5 Å². The van der Waals surface area contributed by atoms with E-state index in [4.69, 9.17) is 14.9 Å². The normalized spacial score (nSPS) is 10.5. The van der Waals surface area contributed by atoms with Crippen LogP contribution in [-0.2, 0) is 11.3 Å². The van der Waals surface area contributed by atoms with Crippen molar-refractivity contribution >= 4 is 17.6 Å². The maximum atomic E-state index is 11.8. The van der Waals surface area contributed by atoms with Crippen molar-refractivity contribution in [3.63, 3.8) is 0 Å². The number of benzene rings is 1. The van der Waals surface area contributed by atoms with Gasteiger partial charge in [-0.1, -0.05) is 6.07 Å². The minimum Gasteiger partial charge on any atom is -0.497 e. The van der Waals surface area contributed by atoms with E-state index in [1.807, 2.05) is 30.3 Å². The van der Waals surface area contributed by atoms with E-state index < -0.39 is 0 Å². The SMILES string of the molecule is COc1cccc(Nc2ncc(-c3cnccc3CN(C)C(=O)CN)o2)c1. The van der Waals surface area contributed by atoms with Crippen molar-refractivity contribution in [3.8, 4) is 17.1 Å². The lowest BCUT2D eigenvalue weighted by molar-refractivity contribution is -0.128. The molecule has 0 saturated carbocycles. The molecule has 0 unspecified atom stereocenters. The van der Waals surface area contributed by atoms with Crippen LogP contribution in [0.25, 0.3) is 11.3 Å². The highest BCUT2D eigenvalue weighted by atomic mass is 16.5. The molecule has 3 rings (SSSR count). The molecule has 0 bridgehead atoms. The number of methoxy groups -OCH3 is 1. The fourth-order valence-corrected chi connectivity index (χ4v) is 2.56. The fourth-order valence-electron chi connectivity index (χ4n) is 2.56. The number of likely N-dealkylation sites (N-methyl/N-ethyl adjacent to an activating group) is 1. The number of ether oxygens (including phenoxy) is 1. The second kappa shape index (κ2) is 8.33. The van der Waals surface area contributed by atoms with Gasteiger partial charge in [-0.2, -0.15) is 0 Å². The molecular weight excluding hydrogens is 346 g/mol. The number of hydrogen-bond donors (Lipinski definition) is 2. The molecule has 0 aliphatic heterocycles. The van der Waals surface area contributed by atoms with E-state index in [2.05, 4.69) is 15.3 Å². The first-order valence-electron chi connectivity index (χ1n) is 8.35. The summed E-state index contributed by atoms with van der Waals surface area (Å²) in [6.07, 6.45) is 4.98. The monoisotopic (exact) mass is 367 g/mol. The zero-order chi connectivity index (χ0) is 19.2. The summed E-state index contributed by atoms with van der Waals surface area (Å²) in [4.78, 5) is 21.7. The molecule has 1 amide bonds. The third-order valence-corrected chi connectivity index (χ3v) is 4.01. The second-order valence-corrected chi connectivity index (χ2v) is 5.87. The molecular formula is C19H21N5O3. The number of rotatable bonds is 7. The summed E-state index contributed by atoms with van der Waals surface area (Å²) in [5.41, 5.74) is 7.87. The molecule has 8 nitrogen and oxygen atoms in total. The summed E-state index contributed by atoms with van der Waals surface area (Å²) in [5, 5.41) is 3.10. The largest absolute Gasteiger partial charge is 0.497 e. The highest BCUT2D eigenvalue weighted by Crippen LogP contribution is 2.28. The minimum absolute atomic E-state index is 0.0339. The highest BCUT2D eigenvalue weighted by Gasteiger charge is 2.14. The van der Waals surface area contributed by atoms with Crippen molar-refractivity contribution in [1.82, 2.24) is 14.9 Å². The van der Waals surface area contributed by atoms with Crippen molar-refractivity contribution in [2.75, 3.05) is 26.0 Å². The van der Waals surface area contributed by atoms with Crippen molar-refractivity contribution in [1.29, 1.82) is 0 Å². The van der Waals surface area contributed by atoms with Gasteiger partial charge >= 0.3 is 0 Å². The van der Waals surface area contributed by atoms with Crippen molar-refractivity contribution < 1.29 is 13.9 Å². The first kappa shape index (κ1) is 18.4. The van der Waals surface area contributed by atoms with Crippen LogP contribution in [0, 0.1) is 0 Å². The van der Waals surface area contributed by atoms with E-state index in [-0.39, 0.29) is 12.5 Å². The van der Waals surface area contributed by atoms with E-state index in [1.165, 1.54) is 0 Å². The lowest BCUT2D eigenvalue weighted by Gasteiger charge is -2.17. The van der Waals surface area contributed by atoms with E-state index in [0.717, 1.165) is 22.6 Å². The maximum Gasteiger partial charge on any atom is 0.299 e. The Morgan fingerprint density at radius 3 is 2.96 bits per heavy atom. The van der Waals surface area contributed by atoms with Gasteiger partial charge < -0.3 is 25.1 Å². The molecule has 0 aliphatic carbocycles. The predicted molar refractivity (Wildman–Crippen MR) is 102 cm³/mol. The topological polar surface area (TPSA) is 107 Å². The summed E-state index contributed by atoms with van der Waals surface area (Å²) in [6.45, 7) is 0.362. The molecule has 8 heteroatoms. The van der Waals surface area contributed by atoms with Gasteiger partial charge in [0.2, 0.25) is 5.91 Å². The molecule has 27 heavy (non-hydrogen) atoms. The van der Waals surface area contributed by atoms with Gasteiger partial charge in [-0.15, -0.1) is 0 Å². The Kier molecular flexibility index (Phi) is 5.68. The summed E-state index contributed by atoms with van der Waals surface area (Å²) < 4.78 is 11.0. The molecule has 2 heterocycles. The third kappa shape index (κ3) is 4.42. The lowest BCUT2D eigenvalue weighted by atomic mass is 10.1. The van der Waals surface area contributed by atoms with Crippen LogP contribution in [0.4, 0.5) is 11.7 Å². The van der Waals surface area contributed by atoms with Crippen LogP contribution < -0.4 is 15.8 Å². The Bertz CT molecular complexity index is 925. The smallest absolute Gasteiger partial charge is 0.299 e. The number of nitrogens with two attached hydrogens (primary N) is 1. The van der Waals surface area contributed by atoms with Crippen LogP contribution >= 0.6 is 0 Å². The Balaban J connectivity index is 1.81. The molecule has 2 aromatic heterocycles. The fraction of sp³-hybridized carbons (Fsp3) is 0.211. The number of nitrogens with zero attached hydrogens (tertiary/aromatic N) is 3. The molecule has 140 valence electrons. The molecule has 0 spiro atoms. The molecule has 0 fully saturated rings. The first-order valence-corrected chi connectivity index (χ1v) is 8.35. The number of amides is 1. The quantitative estimate of drug-likeness (QED) is 0.660. The van der Waals surface area contributed by atoms with Gasteiger partial charge in [-0.3, -0.25) is 9.78 Å². The number of anilines is 2. The Hall–Kier alpha value is -3.39. The van der Waals surface area contributed by atoms with Crippen LogP contribution in [0.3, 0.4) is 0 Å². The summed E-state index contributed by atoms with van der Waals surface area (Å²) in [6, 6.07) is 9.64. The van der Waals surface area contributed by atoms with E-state index >= 15 is 0 Å². The number of carbonyl (C=O) groups excluding carboxylic acids is 1. The Morgan fingerprint density at radius 2 is 2.19 bits per heavy atom. The number of oxazole rings is 1. The van der Waals surface area contributed by atoms with E-state index in [9.17, 15) is 4.79 Å². The minimum atomic E-state index is -0.143. The summed E-state index contributed by atoms with van der Waals surface area (Å²) in [5.74, 6) is 1.14. The third-order valence-electron chi connectivity index (χ3n) is 4.01. The predicted octanol–water partition coefficient (Wildman–Crippen LogP) is 2.41. The summed E-state index contributed by atoms with van der Waals surface area (Å²) >= 11 is 0. The molecule has 3 N–H and O–H groups in total. The molecule has 0 radical (unpaired) electrons. The van der Waals surface area contributed by atoms with Crippen molar-refractivity contribution in [3.05, 3.63) is 54.5 Å². The molecule has 0 atom stereocenters. The molecule has 0 aliphatic rings. The van der Waals surface area contributed by atoms with E-state index in [0.29, 0.717) is 18.3 Å².